The number of hydrogen-bond acceptors (Lipinski definition) is 6. The minimum atomic E-state index is -0.633. The van der Waals surface area contributed by atoms with Crippen LogP contribution in [0.2, 0.25) is 0 Å². The van der Waals surface area contributed by atoms with E-state index < -0.39 is 18.0 Å². The average Bonchev–Trinajstić information content (AvgIpc) is 2.72. The van der Waals surface area contributed by atoms with E-state index in [1.54, 1.807) is 43.0 Å². The van der Waals surface area contributed by atoms with E-state index >= 15 is 0 Å². The first-order chi connectivity index (χ1) is 14.0. The molecule has 1 aromatic carbocycles. The van der Waals surface area contributed by atoms with Crippen LogP contribution in [0.5, 0.6) is 5.75 Å². The summed E-state index contributed by atoms with van der Waals surface area (Å²) in [4.78, 5) is 38.1. The summed E-state index contributed by atoms with van der Waals surface area (Å²) in [6.07, 6.45) is 0. The summed E-state index contributed by atoms with van der Waals surface area (Å²) in [6.45, 7) is 5.78. The number of esters is 1. The van der Waals surface area contributed by atoms with Crippen molar-refractivity contribution >= 4 is 17.9 Å². The summed E-state index contributed by atoms with van der Waals surface area (Å²) >= 11 is 0. The molecule has 1 saturated heterocycles. The Morgan fingerprint density at radius 1 is 1.21 bits per heavy atom. The Morgan fingerprint density at radius 2 is 1.90 bits per heavy atom. The van der Waals surface area contributed by atoms with Crippen molar-refractivity contribution in [2.45, 2.75) is 19.9 Å². The Balaban J connectivity index is 1.67. The SMILES string of the molecule is CCOC(=O)C1=C(C)NC(=O)NC1c1ccc(OCC(=O)N2CCOCC2)cc1. The van der Waals surface area contributed by atoms with Crippen molar-refractivity contribution in [1.82, 2.24) is 15.5 Å². The maximum Gasteiger partial charge on any atom is 0.338 e. The van der Waals surface area contributed by atoms with Crippen molar-refractivity contribution in [1.29, 1.82) is 0 Å². The van der Waals surface area contributed by atoms with E-state index in [9.17, 15) is 14.4 Å². The van der Waals surface area contributed by atoms with Gasteiger partial charge in [0.05, 0.1) is 31.4 Å². The van der Waals surface area contributed by atoms with Crippen LogP contribution >= 0.6 is 0 Å². The van der Waals surface area contributed by atoms with Crippen LogP contribution in [0.3, 0.4) is 0 Å². The second kappa shape index (κ2) is 9.42. The van der Waals surface area contributed by atoms with Crippen molar-refractivity contribution in [3.8, 4) is 5.75 Å². The molecule has 0 aliphatic carbocycles. The van der Waals surface area contributed by atoms with Crippen LogP contribution in [0.15, 0.2) is 35.5 Å². The van der Waals surface area contributed by atoms with Crippen LogP contribution in [0.25, 0.3) is 0 Å². The van der Waals surface area contributed by atoms with Crippen molar-refractivity contribution < 1.29 is 28.6 Å². The first-order valence-electron chi connectivity index (χ1n) is 9.53. The van der Waals surface area contributed by atoms with E-state index in [1.807, 2.05) is 0 Å². The normalized spacial score (nSPS) is 19.3. The zero-order valence-electron chi connectivity index (χ0n) is 16.5. The van der Waals surface area contributed by atoms with E-state index in [2.05, 4.69) is 10.6 Å². The summed E-state index contributed by atoms with van der Waals surface area (Å²) in [7, 11) is 0. The third-order valence-electron chi connectivity index (χ3n) is 4.70. The lowest BCUT2D eigenvalue weighted by atomic mass is 9.95. The largest absolute Gasteiger partial charge is 0.484 e. The molecule has 0 spiro atoms. The Hall–Kier alpha value is -3.07. The third kappa shape index (κ3) is 5.05. The highest BCUT2D eigenvalue weighted by molar-refractivity contribution is 5.95. The first-order valence-corrected chi connectivity index (χ1v) is 9.53. The number of morpholine rings is 1. The van der Waals surface area contributed by atoms with Crippen molar-refractivity contribution in [2.24, 2.45) is 0 Å². The topological polar surface area (TPSA) is 106 Å². The molecule has 3 rings (SSSR count). The molecular formula is C20H25N3O6. The van der Waals surface area contributed by atoms with Crippen molar-refractivity contribution in [3.63, 3.8) is 0 Å². The van der Waals surface area contributed by atoms with E-state index in [0.29, 0.717) is 48.9 Å². The van der Waals surface area contributed by atoms with Gasteiger partial charge in [0.2, 0.25) is 0 Å². The maximum atomic E-state index is 12.3. The fraction of sp³-hybridized carbons (Fsp3) is 0.450. The number of amides is 3. The third-order valence-corrected chi connectivity index (χ3v) is 4.70. The molecule has 9 nitrogen and oxygen atoms in total. The quantitative estimate of drug-likeness (QED) is 0.690. The van der Waals surface area contributed by atoms with Crippen LogP contribution in [-0.4, -0.2) is 62.3 Å². The van der Waals surface area contributed by atoms with Gasteiger partial charge in [-0.15, -0.1) is 0 Å². The molecule has 2 heterocycles. The van der Waals surface area contributed by atoms with Crippen LogP contribution in [0, 0.1) is 0 Å². The zero-order chi connectivity index (χ0) is 20.8. The smallest absolute Gasteiger partial charge is 0.338 e. The van der Waals surface area contributed by atoms with Gasteiger partial charge in [-0.1, -0.05) is 12.1 Å². The van der Waals surface area contributed by atoms with E-state index in [1.165, 1.54) is 0 Å². The van der Waals surface area contributed by atoms with E-state index in [-0.39, 0.29) is 19.1 Å². The molecule has 3 amide bonds. The number of hydrogen-bond donors (Lipinski definition) is 2. The summed E-state index contributed by atoms with van der Waals surface area (Å²) < 4.78 is 15.9. The number of urea groups is 1. The molecule has 2 aliphatic rings. The zero-order valence-corrected chi connectivity index (χ0v) is 16.5. The number of nitrogens with zero attached hydrogens (tertiary/aromatic N) is 1. The highest BCUT2D eigenvalue weighted by Crippen LogP contribution is 2.28. The Labute approximate surface area is 169 Å². The molecule has 2 aliphatic heterocycles. The second-order valence-corrected chi connectivity index (χ2v) is 6.64. The van der Waals surface area contributed by atoms with Gasteiger partial charge in [-0.3, -0.25) is 4.79 Å². The highest BCUT2D eigenvalue weighted by Gasteiger charge is 2.32. The van der Waals surface area contributed by atoms with Gasteiger partial charge in [-0.2, -0.15) is 0 Å². The second-order valence-electron chi connectivity index (χ2n) is 6.64. The predicted octanol–water partition coefficient (Wildman–Crippen LogP) is 1.12. The Bertz CT molecular complexity index is 799. The van der Waals surface area contributed by atoms with Gasteiger partial charge in [0.15, 0.2) is 6.61 Å². The standard InChI is InChI=1S/C20H25N3O6/c1-3-28-19(25)17-13(2)21-20(26)22-18(17)14-4-6-15(7-5-14)29-12-16(24)23-8-10-27-11-9-23/h4-7,18H,3,8-12H2,1-2H3,(H2,21,22,26). The fourth-order valence-electron chi connectivity index (χ4n) is 3.23. The van der Waals surface area contributed by atoms with Gasteiger partial charge in [0.1, 0.15) is 5.75 Å². The van der Waals surface area contributed by atoms with Gasteiger partial charge in [-0.05, 0) is 31.5 Å². The molecule has 0 saturated carbocycles. The molecule has 2 N–H and O–H groups in total. The van der Waals surface area contributed by atoms with Crippen LogP contribution in [0.4, 0.5) is 4.79 Å². The summed E-state index contributed by atoms with van der Waals surface area (Å²) in [5.74, 6) is -0.0564. The molecule has 1 unspecified atom stereocenters. The maximum absolute atomic E-state index is 12.3. The summed E-state index contributed by atoms with van der Waals surface area (Å²) in [5, 5.41) is 5.34. The van der Waals surface area contributed by atoms with Gasteiger partial charge < -0.3 is 29.7 Å². The number of carbonyl (C=O) groups is 3. The Morgan fingerprint density at radius 3 is 2.55 bits per heavy atom. The number of ether oxygens (including phenoxy) is 3. The van der Waals surface area contributed by atoms with E-state index in [4.69, 9.17) is 14.2 Å². The molecule has 156 valence electrons. The summed E-state index contributed by atoms with van der Waals surface area (Å²) in [5.41, 5.74) is 1.50. The van der Waals surface area contributed by atoms with Gasteiger partial charge in [-0.25, -0.2) is 9.59 Å². The minimum absolute atomic E-state index is 0.0590. The van der Waals surface area contributed by atoms with Gasteiger partial charge >= 0.3 is 12.0 Å². The van der Waals surface area contributed by atoms with Gasteiger partial charge in [0, 0.05) is 18.8 Å². The van der Waals surface area contributed by atoms with Crippen LogP contribution in [0.1, 0.15) is 25.5 Å². The van der Waals surface area contributed by atoms with Gasteiger partial charge in [0.25, 0.3) is 5.91 Å². The lowest BCUT2D eigenvalue weighted by molar-refractivity contribution is -0.139. The van der Waals surface area contributed by atoms with E-state index in [0.717, 1.165) is 0 Å². The fourth-order valence-corrected chi connectivity index (χ4v) is 3.23. The monoisotopic (exact) mass is 403 g/mol. The molecule has 1 fully saturated rings. The number of rotatable bonds is 6. The number of benzene rings is 1. The lowest BCUT2D eigenvalue weighted by Crippen LogP contribution is -2.45. The molecule has 0 radical (unpaired) electrons. The molecule has 1 atom stereocenters. The minimum Gasteiger partial charge on any atom is -0.484 e. The number of carbonyl (C=O) groups excluding carboxylic acids is 3. The molecule has 1 aromatic rings. The van der Waals surface area contributed by atoms with Crippen LogP contribution < -0.4 is 15.4 Å². The molecule has 0 bridgehead atoms. The molecule has 0 aromatic heterocycles. The highest BCUT2D eigenvalue weighted by atomic mass is 16.5. The molecule has 29 heavy (non-hydrogen) atoms. The average molecular weight is 403 g/mol. The number of nitrogens with one attached hydrogen (secondary N) is 2. The lowest BCUT2D eigenvalue weighted by Gasteiger charge is -2.28. The predicted molar refractivity (Wildman–Crippen MR) is 103 cm³/mol. The molecular weight excluding hydrogens is 378 g/mol. The van der Waals surface area contributed by atoms with Crippen molar-refractivity contribution in [3.05, 3.63) is 41.1 Å². The number of allylic oxidation sites excluding steroid dienone is 1. The Kier molecular flexibility index (Phi) is 6.71. The first kappa shape index (κ1) is 20.7. The van der Waals surface area contributed by atoms with Crippen molar-refractivity contribution in [2.75, 3.05) is 39.5 Å². The summed E-state index contributed by atoms with van der Waals surface area (Å²) in [6, 6.07) is 5.88. The van der Waals surface area contributed by atoms with Crippen LogP contribution in [-0.2, 0) is 19.1 Å². The molecule has 9 heteroatoms.